The lowest BCUT2D eigenvalue weighted by Gasteiger charge is -2.32. The molecule has 0 aliphatic carbocycles. The van der Waals surface area contributed by atoms with Crippen molar-refractivity contribution in [3.05, 3.63) is 46.5 Å². The van der Waals surface area contributed by atoms with Gasteiger partial charge in [-0.2, -0.15) is 0 Å². The molecule has 0 saturated carbocycles. The fourth-order valence-electron chi connectivity index (χ4n) is 2.53. The zero-order chi connectivity index (χ0) is 14.4. The maximum absolute atomic E-state index is 6.18. The van der Waals surface area contributed by atoms with Crippen molar-refractivity contribution in [2.24, 2.45) is 0 Å². The molecule has 1 aliphatic rings. The van der Waals surface area contributed by atoms with E-state index < -0.39 is 0 Å². The number of hydrogen-bond acceptors (Lipinski definition) is 2. The second kappa shape index (κ2) is 7.82. The first-order valence-corrected chi connectivity index (χ1v) is 7.85. The predicted molar refractivity (Wildman–Crippen MR) is 87.2 cm³/mol. The van der Waals surface area contributed by atoms with Crippen LogP contribution >= 0.6 is 11.6 Å². The molecule has 110 valence electrons. The van der Waals surface area contributed by atoms with E-state index in [1.165, 1.54) is 37.1 Å². The van der Waals surface area contributed by atoms with Crippen LogP contribution in [-0.4, -0.2) is 30.6 Å². The molecule has 1 aromatic carbocycles. The summed E-state index contributed by atoms with van der Waals surface area (Å²) in [5.74, 6) is 0. The summed E-state index contributed by atoms with van der Waals surface area (Å²) in [7, 11) is 0. The van der Waals surface area contributed by atoms with Gasteiger partial charge in [0.05, 0.1) is 0 Å². The van der Waals surface area contributed by atoms with Crippen LogP contribution in [0.25, 0.3) is 0 Å². The lowest BCUT2D eigenvalue weighted by Crippen LogP contribution is -2.42. The SMILES string of the molecule is CC(C)=CCN1CCC(NCc2ccccc2Cl)CC1. The highest BCUT2D eigenvalue weighted by molar-refractivity contribution is 6.31. The molecule has 2 nitrogen and oxygen atoms in total. The molecule has 1 fully saturated rings. The summed E-state index contributed by atoms with van der Waals surface area (Å²) in [5.41, 5.74) is 2.60. The summed E-state index contributed by atoms with van der Waals surface area (Å²) in [6.45, 7) is 8.67. The number of hydrogen-bond donors (Lipinski definition) is 1. The van der Waals surface area contributed by atoms with Gasteiger partial charge >= 0.3 is 0 Å². The normalized spacial score (nSPS) is 17.1. The van der Waals surface area contributed by atoms with Crippen LogP contribution in [0.5, 0.6) is 0 Å². The molecule has 0 amide bonds. The second-order valence-corrected chi connectivity index (χ2v) is 6.24. The van der Waals surface area contributed by atoms with E-state index in [4.69, 9.17) is 11.6 Å². The number of halogens is 1. The number of likely N-dealkylation sites (tertiary alicyclic amines) is 1. The molecule has 3 heteroatoms. The first-order chi connectivity index (χ1) is 9.65. The Labute approximate surface area is 127 Å². The van der Waals surface area contributed by atoms with Crippen LogP contribution in [0.1, 0.15) is 32.3 Å². The van der Waals surface area contributed by atoms with Crippen molar-refractivity contribution < 1.29 is 0 Å². The maximum Gasteiger partial charge on any atom is 0.0450 e. The average molecular weight is 293 g/mol. The third-order valence-corrected chi connectivity index (χ3v) is 4.25. The molecule has 0 unspecified atom stereocenters. The monoisotopic (exact) mass is 292 g/mol. The summed E-state index contributed by atoms with van der Waals surface area (Å²) in [4.78, 5) is 2.53. The van der Waals surface area contributed by atoms with Crippen LogP contribution in [-0.2, 0) is 6.54 Å². The first kappa shape index (κ1) is 15.6. The Kier molecular flexibility index (Phi) is 6.08. The van der Waals surface area contributed by atoms with Gasteiger partial charge in [-0.3, -0.25) is 4.90 Å². The molecule has 0 aromatic heterocycles. The van der Waals surface area contributed by atoms with E-state index in [0.29, 0.717) is 6.04 Å². The fourth-order valence-corrected chi connectivity index (χ4v) is 2.73. The fraction of sp³-hybridized carbons (Fsp3) is 0.529. The molecule has 20 heavy (non-hydrogen) atoms. The van der Waals surface area contributed by atoms with Gasteiger partial charge in [-0.25, -0.2) is 0 Å². The van der Waals surface area contributed by atoms with E-state index in [9.17, 15) is 0 Å². The lowest BCUT2D eigenvalue weighted by atomic mass is 10.0. The second-order valence-electron chi connectivity index (χ2n) is 5.83. The van der Waals surface area contributed by atoms with Crippen LogP contribution in [0.3, 0.4) is 0 Å². The molecule has 0 radical (unpaired) electrons. The van der Waals surface area contributed by atoms with Gasteiger partial charge in [0.2, 0.25) is 0 Å². The largest absolute Gasteiger partial charge is 0.310 e. The molecule has 1 aromatic rings. The van der Waals surface area contributed by atoms with Crippen LogP contribution in [0.4, 0.5) is 0 Å². The van der Waals surface area contributed by atoms with Crippen molar-refractivity contribution in [2.75, 3.05) is 19.6 Å². The van der Waals surface area contributed by atoms with Crippen LogP contribution in [0.15, 0.2) is 35.9 Å². The van der Waals surface area contributed by atoms with Crippen molar-refractivity contribution in [3.8, 4) is 0 Å². The molecule has 1 N–H and O–H groups in total. The average Bonchev–Trinajstić information content (AvgIpc) is 2.45. The van der Waals surface area contributed by atoms with Crippen LogP contribution in [0.2, 0.25) is 5.02 Å². The molecule has 1 aliphatic heterocycles. The van der Waals surface area contributed by atoms with Gasteiger partial charge < -0.3 is 5.32 Å². The number of rotatable bonds is 5. The van der Waals surface area contributed by atoms with Crippen LogP contribution in [0, 0.1) is 0 Å². The van der Waals surface area contributed by atoms with Gasteiger partial charge in [-0.15, -0.1) is 0 Å². The minimum atomic E-state index is 0.620. The van der Waals surface area contributed by atoms with Crippen molar-refractivity contribution in [1.29, 1.82) is 0 Å². The minimum absolute atomic E-state index is 0.620. The van der Waals surface area contributed by atoms with Crippen molar-refractivity contribution >= 4 is 11.6 Å². The van der Waals surface area contributed by atoms with Gasteiger partial charge in [-0.05, 0) is 51.4 Å². The quantitative estimate of drug-likeness (QED) is 0.829. The van der Waals surface area contributed by atoms with E-state index in [1.807, 2.05) is 18.2 Å². The zero-order valence-electron chi connectivity index (χ0n) is 12.5. The van der Waals surface area contributed by atoms with E-state index in [0.717, 1.165) is 18.1 Å². The molecule has 1 heterocycles. The predicted octanol–water partition coefficient (Wildman–Crippen LogP) is 3.86. The molecular formula is C17H25ClN2. The molecule has 1 saturated heterocycles. The summed E-state index contributed by atoms with van der Waals surface area (Å²) < 4.78 is 0. The van der Waals surface area contributed by atoms with Gasteiger partial charge in [0.25, 0.3) is 0 Å². The Hall–Kier alpha value is -0.830. The molecular weight excluding hydrogens is 268 g/mol. The molecule has 0 spiro atoms. The number of benzene rings is 1. The Bertz CT molecular complexity index is 444. The smallest absolute Gasteiger partial charge is 0.0450 e. The third-order valence-electron chi connectivity index (χ3n) is 3.88. The molecule has 0 bridgehead atoms. The van der Waals surface area contributed by atoms with Crippen molar-refractivity contribution in [3.63, 3.8) is 0 Å². The minimum Gasteiger partial charge on any atom is -0.310 e. The summed E-state index contributed by atoms with van der Waals surface area (Å²) in [6.07, 6.45) is 4.76. The Morgan fingerprint density at radius 2 is 2.00 bits per heavy atom. The zero-order valence-corrected chi connectivity index (χ0v) is 13.3. The molecule has 0 atom stereocenters. The topological polar surface area (TPSA) is 15.3 Å². The van der Waals surface area contributed by atoms with Crippen LogP contribution < -0.4 is 5.32 Å². The number of nitrogens with zero attached hydrogens (tertiary/aromatic N) is 1. The van der Waals surface area contributed by atoms with E-state index >= 15 is 0 Å². The maximum atomic E-state index is 6.18. The third kappa shape index (κ3) is 4.93. The van der Waals surface area contributed by atoms with E-state index in [1.54, 1.807) is 0 Å². The van der Waals surface area contributed by atoms with Gasteiger partial charge in [0.1, 0.15) is 0 Å². The summed E-state index contributed by atoms with van der Waals surface area (Å²) >= 11 is 6.18. The Morgan fingerprint density at radius 3 is 2.65 bits per heavy atom. The van der Waals surface area contributed by atoms with Gasteiger partial charge in [0, 0.05) is 24.2 Å². The highest BCUT2D eigenvalue weighted by Crippen LogP contribution is 2.16. The van der Waals surface area contributed by atoms with Gasteiger partial charge in [-0.1, -0.05) is 41.4 Å². The molecule has 2 rings (SSSR count). The van der Waals surface area contributed by atoms with E-state index in [-0.39, 0.29) is 0 Å². The summed E-state index contributed by atoms with van der Waals surface area (Å²) in [5, 5.41) is 4.50. The lowest BCUT2D eigenvalue weighted by molar-refractivity contribution is 0.214. The number of piperidine rings is 1. The highest BCUT2D eigenvalue weighted by atomic mass is 35.5. The number of nitrogens with one attached hydrogen (secondary N) is 1. The Balaban J connectivity index is 1.72. The summed E-state index contributed by atoms with van der Waals surface area (Å²) in [6, 6.07) is 8.70. The standard InChI is InChI=1S/C17H25ClN2/c1-14(2)7-10-20-11-8-16(9-12-20)19-13-15-5-3-4-6-17(15)18/h3-7,16,19H,8-13H2,1-2H3. The van der Waals surface area contributed by atoms with E-state index in [2.05, 4.69) is 36.2 Å². The number of allylic oxidation sites excluding steroid dienone is 1. The van der Waals surface area contributed by atoms with Gasteiger partial charge in [0.15, 0.2) is 0 Å². The Morgan fingerprint density at radius 1 is 1.30 bits per heavy atom. The highest BCUT2D eigenvalue weighted by Gasteiger charge is 2.17. The first-order valence-electron chi connectivity index (χ1n) is 7.47. The van der Waals surface area contributed by atoms with Crippen molar-refractivity contribution in [2.45, 2.75) is 39.3 Å². The van der Waals surface area contributed by atoms with Crippen molar-refractivity contribution in [1.82, 2.24) is 10.2 Å².